The van der Waals surface area contributed by atoms with E-state index in [0.29, 0.717) is 19.6 Å². The van der Waals surface area contributed by atoms with Gasteiger partial charge < -0.3 is 53.6 Å². The summed E-state index contributed by atoms with van der Waals surface area (Å²) in [4.78, 5) is 37.9. The van der Waals surface area contributed by atoms with Gasteiger partial charge in [-0.1, -0.05) is 12.8 Å². The van der Waals surface area contributed by atoms with Crippen molar-refractivity contribution in [3.05, 3.63) is 7.43 Å². The number of halogens is 1. The van der Waals surface area contributed by atoms with Crippen LogP contribution in [-0.2, 0) is 14.3 Å². The Morgan fingerprint density at radius 1 is 0.861 bits per heavy atom. The molecule has 2 fully saturated rings. The van der Waals surface area contributed by atoms with Crippen LogP contribution in [-0.4, -0.2) is 99.9 Å². The summed E-state index contributed by atoms with van der Waals surface area (Å²) in [6, 6.07) is 0. The van der Waals surface area contributed by atoms with E-state index in [0.717, 1.165) is 51.4 Å². The van der Waals surface area contributed by atoms with Gasteiger partial charge in [-0.15, -0.1) is 0 Å². The molecule has 3 atom stereocenters. The zero-order valence-electron chi connectivity index (χ0n) is 23.8. The topological polar surface area (TPSA) is 96.4 Å². The van der Waals surface area contributed by atoms with Gasteiger partial charge in [0, 0.05) is 38.0 Å². The van der Waals surface area contributed by atoms with Crippen LogP contribution in [0.3, 0.4) is 0 Å². The van der Waals surface area contributed by atoms with Crippen LogP contribution >= 0.6 is 0 Å². The number of hydrogen-bond acceptors (Lipinski definition) is 6. The quantitative estimate of drug-likeness (QED) is 0.299. The molecular weight excluding hydrogens is 541 g/mol. The smallest absolute Gasteiger partial charge is 1.00 e. The van der Waals surface area contributed by atoms with Crippen molar-refractivity contribution in [2.75, 3.05) is 26.2 Å². The van der Waals surface area contributed by atoms with Gasteiger partial charge in [0.2, 0.25) is 0 Å². The van der Waals surface area contributed by atoms with Gasteiger partial charge in [0.05, 0.1) is 6.10 Å². The average Bonchev–Trinajstić information content (AvgIpc) is 3.07. The van der Waals surface area contributed by atoms with Crippen LogP contribution < -0.4 is 17.0 Å². The molecule has 0 aromatic rings. The van der Waals surface area contributed by atoms with Crippen LogP contribution in [0.2, 0.25) is 0 Å². The van der Waals surface area contributed by atoms with E-state index in [1.54, 1.807) is 16.7 Å². The van der Waals surface area contributed by atoms with Gasteiger partial charge in [-0.25, -0.2) is 9.59 Å². The molecule has 208 valence electrons. The molecule has 0 bridgehead atoms. The summed E-state index contributed by atoms with van der Waals surface area (Å²) in [5.41, 5.74) is -0.927. The molecule has 1 N–H and O–H groups in total. The molecule has 2 heterocycles. The second-order valence-electron chi connectivity index (χ2n) is 11.2. The number of aliphatic hydroxyl groups is 1. The molecule has 0 spiro atoms. The molecule has 0 saturated carbocycles. The molecule has 2 aliphatic heterocycles. The fraction of sp³-hybridized carbons (Fsp3) is 0.846. The van der Waals surface area contributed by atoms with Crippen LogP contribution in [0.15, 0.2) is 0 Å². The molecule has 8 nitrogen and oxygen atoms in total. The van der Waals surface area contributed by atoms with E-state index in [-0.39, 0.29) is 77.6 Å². The maximum atomic E-state index is 12.0. The predicted octanol–water partition coefficient (Wildman–Crippen LogP) is 1.70. The summed E-state index contributed by atoms with van der Waals surface area (Å²) in [5, 5.41) is 9.66. The van der Waals surface area contributed by atoms with Gasteiger partial charge in [-0.05, 0) is 74.1 Å². The molecule has 3 unspecified atom stereocenters. The first-order valence-corrected chi connectivity index (χ1v) is 12.3. The minimum Gasteiger partial charge on any atom is -1.00 e. The molecule has 2 rings (SSSR count). The van der Waals surface area contributed by atoms with E-state index in [1.807, 2.05) is 41.5 Å². The molecular formula is C26H49BrMgN2O6. The molecule has 2 amide bonds. The second kappa shape index (κ2) is 18.6. The first kappa shape index (κ1) is 39.9. The Morgan fingerprint density at radius 2 is 1.28 bits per heavy atom. The molecule has 10 heteroatoms. The maximum Gasteiger partial charge on any atom is 2.00 e. The Morgan fingerprint density at radius 3 is 1.67 bits per heavy atom. The van der Waals surface area contributed by atoms with Gasteiger partial charge in [0.25, 0.3) is 0 Å². The number of hydrogen-bond donors (Lipinski definition) is 1. The molecule has 0 radical (unpaired) electrons. The van der Waals surface area contributed by atoms with Crippen molar-refractivity contribution in [1.82, 2.24) is 9.80 Å². The largest absolute Gasteiger partial charge is 2.00 e. The van der Waals surface area contributed by atoms with Crippen molar-refractivity contribution >= 4 is 41.5 Å². The van der Waals surface area contributed by atoms with Crippen LogP contribution in [0, 0.1) is 19.3 Å². The van der Waals surface area contributed by atoms with Crippen LogP contribution in [0.1, 0.15) is 87.0 Å². The maximum absolute atomic E-state index is 12.0. The normalized spacial score (nSPS) is 21.3. The summed E-state index contributed by atoms with van der Waals surface area (Å²) < 4.78 is 10.7. The van der Waals surface area contributed by atoms with Gasteiger partial charge in [-0.3, -0.25) is 0 Å². The fourth-order valence-electron chi connectivity index (χ4n) is 3.84. The van der Waals surface area contributed by atoms with Crippen LogP contribution in [0.25, 0.3) is 0 Å². The molecule has 0 aromatic heterocycles. The first-order valence-electron chi connectivity index (χ1n) is 12.3. The zero-order valence-corrected chi connectivity index (χ0v) is 26.8. The molecule has 2 saturated heterocycles. The number of aliphatic hydroxyl groups excluding tert-OH is 1. The monoisotopic (exact) mass is 588 g/mol. The number of carbonyl (C=O) groups is 3. The Bertz CT molecular complexity index is 637. The Kier molecular flexibility index (Phi) is 20.7. The number of amides is 2. The van der Waals surface area contributed by atoms with Crippen molar-refractivity contribution in [3.8, 4) is 0 Å². The third-order valence-corrected chi connectivity index (χ3v) is 5.59. The van der Waals surface area contributed by atoms with E-state index >= 15 is 0 Å². The van der Waals surface area contributed by atoms with Gasteiger partial charge in [-0.2, -0.15) is 0 Å². The van der Waals surface area contributed by atoms with E-state index in [9.17, 15) is 19.5 Å². The predicted molar refractivity (Wildman–Crippen MR) is 140 cm³/mol. The van der Waals surface area contributed by atoms with E-state index in [2.05, 4.69) is 0 Å². The Hall–Kier alpha value is -0.584. The Balaban J connectivity index is -0.000000559. The minimum atomic E-state index is -0.472. The summed E-state index contributed by atoms with van der Waals surface area (Å²) in [7, 11) is 0. The molecule has 0 aliphatic carbocycles. The van der Waals surface area contributed by atoms with Crippen molar-refractivity contribution in [2.45, 2.75) is 104 Å². The number of likely N-dealkylation sites (tertiary alicyclic amines) is 2. The van der Waals surface area contributed by atoms with Gasteiger partial charge in [0.15, 0.2) is 0 Å². The van der Waals surface area contributed by atoms with Crippen LogP contribution in [0.5, 0.6) is 0 Å². The number of nitrogens with zero attached hydrogens (tertiary/aromatic N) is 2. The van der Waals surface area contributed by atoms with Crippen molar-refractivity contribution in [3.63, 3.8) is 0 Å². The van der Waals surface area contributed by atoms with E-state index < -0.39 is 11.2 Å². The third kappa shape index (κ3) is 17.0. The Labute approximate surface area is 246 Å². The SMILES string of the molecule is CC(C)(C)OC(=O)N1CCCCC(C=O)C1.CC(O)C1CCCCN(C(=O)OC(C)(C)C)C1.[Br-].[CH3-].[Mg+2]. The summed E-state index contributed by atoms with van der Waals surface area (Å²) in [5.74, 6) is 0.139. The molecule has 36 heavy (non-hydrogen) atoms. The van der Waals surface area contributed by atoms with Crippen LogP contribution in [0.4, 0.5) is 9.59 Å². The summed E-state index contributed by atoms with van der Waals surface area (Å²) in [6.45, 7) is 15.5. The van der Waals surface area contributed by atoms with Crippen molar-refractivity contribution in [1.29, 1.82) is 0 Å². The van der Waals surface area contributed by atoms with Crippen molar-refractivity contribution < 1.29 is 45.9 Å². The first-order chi connectivity index (χ1) is 15.2. The number of ether oxygens (including phenoxy) is 2. The number of carbonyl (C=O) groups excluding carboxylic acids is 3. The van der Waals surface area contributed by atoms with Crippen molar-refractivity contribution in [2.24, 2.45) is 11.8 Å². The summed E-state index contributed by atoms with van der Waals surface area (Å²) in [6.07, 6.45) is 5.89. The average molecular weight is 590 g/mol. The van der Waals surface area contributed by atoms with E-state index in [4.69, 9.17) is 9.47 Å². The van der Waals surface area contributed by atoms with E-state index in [1.165, 1.54) is 0 Å². The minimum absolute atomic E-state index is 0. The molecule has 0 aromatic carbocycles. The molecule has 2 aliphatic rings. The standard InChI is InChI=1S/C13H25NO3.C12H21NO3.CH3.BrH.Mg/c1-10(15)11-7-5-6-8-14(9-11)12(16)17-13(2,3)4;1-12(2,3)16-11(15)13-7-5-4-6-10(8-13)9-14;;;/h10-11,15H,5-9H2,1-4H3;9-10H,4-8H2,1-3H3;1H3;1H;/q;;-1;;+2/p-1. The fourth-order valence-corrected chi connectivity index (χ4v) is 3.84. The van der Waals surface area contributed by atoms with Gasteiger partial charge in [0.1, 0.15) is 17.5 Å². The van der Waals surface area contributed by atoms with Gasteiger partial charge >= 0.3 is 35.2 Å². The number of aldehydes is 1. The number of rotatable bonds is 2. The summed E-state index contributed by atoms with van der Waals surface area (Å²) >= 11 is 0. The third-order valence-electron chi connectivity index (χ3n) is 5.59. The second-order valence-corrected chi connectivity index (χ2v) is 11.2. The zero-order chi connectivity index (χ0) is 25.2.